The van der Waals surface area contributed by atoms with Gasteiger partial charge in [-0.15, -0.1) is 0 Å². The standard InChI is InChI=1S/C17H25FN2O2S/c18-17-7-2-1-6-15(17)12-20-10-8-16(9-11-20)19-23(21,22)13-14-4-3-5-14/h1-2,6-7,14,16,19H,3-5,8-13H2. The highest BCUT2D eigenvalue weighted by Gasteiger charge is 2.28. The zero-order valence-corrected chi connectivity index (χ0v) is 14.2. The summed E-state index contributed by atoms with van der Waals surface area (Å²) >= 11 is 0. The maximum Gasteiger partial charge on any atom is 0.212 e. The number of likely N-dealkylation sites (tertiary alicyclic amines) is 1. The minimum Gasteiger partial charge on any atom is -0.299 e. The van der Waals surface area contributed by atoms with E-state index in [1.165, 1.54) is 6.07 Å². The van der Waals surface area contributed by atoms with Crippen molar-refractivity contribution in [2.24, 2.45) is 5.92 Å². The Morgan fingerprint density at radius 2 is 1.83 bits per heavy atom. The Morgan fingerprint density at radius 3 is 2.43 bits per heavy atom. The predicted molar refractivity (Wildman–Crippen MR) is 89.0 cm³/mol. The van der Waals surface area contributed by atoms with Gasteiger partial charge >= 0.3 is 0 Å². The summed E-state index contributed by atoms with van der Waals surface area (Å²) in [6.45, 7) is 2.18. The van der Waals surface area contributed by atoms with Crippen molar-refractivity contribution in [3.8, 4) is 0 Å². The third kappa shape index (κ3) is 4.75. The summed E-state index contributed by atoms with van der Waals surface area (Å²) in [5, 5.41) is 0. The molecule has 2 fully saturated rings. The number of piperidine rings is 1. The van der Waals surface area contributed by atoms with Crippen LogP contribution in [0.3, 0.4) is 0 Å². The third-order valence-electron chi connectivity index (χ3n) is 4.97. The molecule has 1 saturated heterocycles. The van der Waals surface area contributed by atoms with E-state index >= 15 is 0 Å². The van der Waals surface area contributed by atoms with Gasteiger partial charge in [0.2, 0.25) is 10.0 Å². The maximum absolute atomic E-state index is 13.7. The first-order chi connectivity index (χ1) is 11.0. The van der Waals surface area contributed by atoms with Gasteiger partial charge in [0.25, 0.3) is 0 Å². The van der Waals surface area contributed by atoms with Crippen LogP contribution in [0, 0.1) is 11.7 Å². The van der Waals surface area contributed by atoms with Gasteiger partial charge in [-0.05, 0) is 37.7 Å². The smallest absolute Gasteiger partial charge is 0.212 e. The molecule has 6 heteroatoms. The van der Waals surface area contributed by atoms with Crippen LogP contribution in [0.25, 0.3) is 0 Å². The Labute approximate surface area is 138 Å². The topological polar surface area (TPSA) is 49.4 Å². The number of benzene rings is 1. The zero-order chi connectivity index (χ0) is 16.3. The third-order valence-corrected chi connectivity index (χ3v) is 6.57. The van der Waals surface area contributed by atoms with Crippen LogP contribution in [-0.2, 0) is 16.6 Å². The molecule has 1 saturated carbocycles. The number of rotatable bonds is 6. The van der Waals surface area contributed by atoms with Crippen molar-refractivity contribution in [3.05, 3.63) is 35.6 Å². The molecule has 0 amide bonds. The van der Waals surface area contributed by atoms with Crippen molar-refractivity contribution < 1.29 is 12.8 Å². The van der Waals surface area contributed by atoms with Crippen molar-refractivity contribution in [3.63, 3.8) is 0 Å². The fourth-order valence-electron chi connectivity index (χ4n) is 3.35. The molecule has 0 radical (unpaired) electrons. The van der Waals surface area contributed by atoms with E-state index in [2.05, 4.69) is 9.62 Å². The van der Waals surface area contributed by atoms with Crippen LogP contribution in [0.15, 0.2) is 24.3 Å². The van der Waals surface area contributed by atoms with Crippen LogP contribution in [-0.4, -0.2) is 38.2 Å². The average molecular weight is 340 g/mol. The molecule has 0 atom stereocenters. The van der Waals surface area contributed by atoms with E-state index in [1.807, 2.05) is 12.1 Å². The summed E-state index contributed by atoms with van der Waals surface area (Å²) in [6, 6.07) is 6.86. The largest absolute Gasteiger partial charge is 0.299 e. The first-order valence-corrected chi connectivity index (χ1v) is 10.1. The number of hydrogen-bond acceptors (Lipinski definition) is 3. The number of nitrogens with one attached hydrogen (secondary N) is 1. The van der Waals surface area contributed by atoms with Gasteiger partial charge in [-0.25, -0.2) is 17.5 Å². The van der Waals surface area contributed by atoms with E-state index in [1.54, 1.807) is 6.07 Å². The second-order valence-electron chi connectivity index (χ2n) is 6.84. The molecule has 0 spiro atoms. The summed E-state index contributed by atoms with van der Waals surface area (Å²) in [6.07, 6.45) is 4.83. The molecule has 1 N–H and O–H groups in total. The lowest BCUT2D eigenvalue weighted by atomic mass is 9.87. The minimum absolute atomic E-state index is 0.0250. The normalized spacial score (nSPS) is 21.3. The first kappa shape index (κ1) is 16.9. The Balaban J connectivity index is 1.45. The summed E-state index contributed by atoms with van der Waals surface area (Å²) < 4.78 is 40.8. The number of hydrogen-bond donors (Lipinski definition) is 1. The van der Waals surface area contributed by atoms with Gasteiger partial charge in [-0.2, -0.15) is 0 Å². The molecule has 1 aliphatic heterocycles. The monoisotopic (exact) mass is 340 g/mol. The molecule has 1 aliphatic carbocycles. The lowest BCUT2D eigenvalue weighted by Gasteiger charge is -2.33. The molecule has 128 valence electrons. The quantitative estimate of drug-likeness (QED) is 0.866. The Hall–Kier alpha value is -0.980. The van der Waals surface area contributed by atoms with E-state index in [-0.39, 0.29) is 17.6 Å². The molecule has 1 aromatic carbocycles. The lowest BCUT2D eigenvalue weighted by molar-refractivity contribution is 0.197. The van der Waals surface area contributed by atoms with Crippen LogP contribution in [0.1, 0.15) is 37.7 Å². The van der Waals surface area contributed by atoms with Gasteiger partial charge in [0.15, 0.2) is 0 Å². The van der Waals surface area contributed by atoms with Gasteiger partial charge in [-0.3, -0.25) is 4.90 Å². The highest BCUT2D eigenvalue weighted by Crippen LogP contribution is 2.27. The lowest BCUT2D eigenvalue weighted by Crippen LogP contribution is -2.45. The second kappa shape index (κ2) is 7.28. The summed E-state index contributed by atoms with van der Waals surface area (Å²) in [7, 11) is -3.15. The summed E-state index contributed by atoms with van der Waals surface area (Å²) in [5.74, 6) is 0.465. The Morgan fingerprint density at radius 1 is 1.13 bits per heavy atom. The predicted octanol–water partition coefficient (Wildman–Crippen LogP) is 2.51. The van der Waals surface area contributed by atoms with E-state index in [4.69, 9.17) is 0 Å². The van der Waals surface area contributed by atoms with Crippen LogP contribution in [0.4, 0.5) is 4.39 Å². The van der Waals surface area contributed by atoms with Gasteiger partial charge in [0.1, 0.15) is 5.82 Å². The molecular formula is C17H25FN2O2S. The van der Waals surface area contributed by atoms with Crippen molar-refractivity contribution in [2.45, 2.75) is 44.7 Å². The van der Waals surface area contributed by atoms with Gasteiger partial charge in [0.05, 0.1) is 5.75 Å². The van der Waals surface area contributed by atoms with Crippen molar-refractivity contribution in [1.82, 2.24) is 9.62 Å². The number of sulfonamides is 1. The number of nitrogens with zero attached hydrogens (tertiary/aromatic N) is 1. The van der Waals surface area contributed by atoms with Crippen LogP contribution < -0.4 is 4.72 Å². The second-order valence-corrected chi connectivity index (χ2v) is 8.64. The molecule has 1 aromatic rings. The van der Waals surface area contributed by atoms with Crippen molar-refractivity contribution >= 4 is 10.0 Å². The Bertz CT molecular complexity index is 623. The minimum atomic E-state index is -3.15. The molecule has 1 heterocycles. The van der Waals surface area contributed by atoms with E-state index in [0.29, 0.717) is 18.0 Å². The zero-order valence-electron chi connectivity index (χ0n) is 13.4. The molecule has 0 bridgehead atoms. The SMILES string of the molecule is O=S(=O)(CC1CCC1)NC1CCN(Cc2ccccc2F)CC1. The van der Waals surface area contributed by atoms with Crippen LogP contribution in [0.5, 0.6) is 0 Å². The van der Waals surface area contributed by atoms with Gasteiger partial charge in [-0.1, -0.05) is 24.6 Å². The van der Waals surface area contributed by atoms with Gasteiger partial charge < -0.3 is 0 Å². The first-order valence-electron chi connectivity index (χ1n) is 8.47. The molecule has 23 heavy (non-hydrogen) atoms. The summed E-state index contributed by atoms with van der Waals surface area (Å²) in [5.41, 5.74) is 0.705. The van der Waals surface area contributed by atoms with Crippen LogP contribution >= 0.6 is 0 Å². The van der Waals surface area contributed by atoms with Gasteiger partial charge in [0, 0.05) is 31.2 Å². The van der Waals surface area contributed by atoms with E-state index in [0.717, 1.165) is 45.2 Å². The fraction of sp³-hybridized carbons (Fsp3) is 0.647. The maximum atomic E-state index is 13.7. The highest BCUT2D eigenvalue weighted by molar-refractivity contribution is 7.89. The highest BCUT2D eigenvalue weighted by atomic mass is 32.2. The molecule has 4 nitrogen and oxygen atoms in total. The Kier molecular flexibility index (Phi) is 5.34. The molecular weight excluding hydrogens is 315 g/mol. The van der Waals surface area contributed by atoms with Crippen LogP contribution in [0.2, 0.25) is 0 Å². The molecule has 2 aliphatic rings. The average Bonchev–Trinajstić information content (AvgIpc) is 2.47. The molecule has 0 aromatic heterocycles. The fourth-order valence-corrected chi connectivity index (χ4v) is 5.14. The van der Waals surface area contributed by atoms with Crippen molar-refractivity contribution in [2.75, 3.05) is 18.8 Å². The summed E-state index contributed by atoms with van der Waals surface area (Å²) in [4.78, 5) is 2.19. The van der Waals surface area contributed by atoms with Crippen molar-refractivity contribution in [1.29, 1.82) is 0 Å². The number of halogens is 1. The van der Waals surface area contributed by atoms with E-state index < -0.39 is 10.0 Å². The molecule has 3 rings (SSSR count). The van der Waals surface area contributed by atoms with E-state index in [9.17, 15) is 12.8 Å². The molecule has 0 unspecified atom stereocenters.